The fourth-order valence-corrected chi connectivity index (χ4v) is 5.68. The fourth-order valence-electron chi connectivity index (χ4n) is 3.18. The van der Waals surface area contributed by atoms with Gasteiger partial charge in [-0.15, -0.1) is 11.3 Å². The number of carbonyl (C=O) groups excluding carboxylic acids is 1. The molecule has 128 valence electrons. The molecule has 0 radical (unpaired) electrons. The SMILES string of the molecule is Cc1nc(SCC(=O)c2ccc(Cl)cc2)c2c3c(sc2n1)CCCC3. The molecule has 1 aliphatic carbocycles. The topological polar surface area (TPSA) is 42.9 Å². The summed E-state index contributed by atoms with van der Waals surface area (Å²) in [6.45, 7) is 1.92. The number of carbonyl (C=O) groups is 1. The number of rotatable bonds is 4. The van der Waals surface area contributed by atoms with E-state index in [0.717, 1.165) is 28.5 Å². The van der Waals surface area contributed by atoms with Crippen LogP contribution >= 0.6 is 34.7 Å². The molecule has 0 atom stereocenters. The molecule has 25 heavy (non-hydrogen) atoms. The van der Waals surface area contributed by atoms with Crippen LogP contribution in [0.15, 0.2) is 29.3 Å². The molecule has 4 rings (SSSR count). The van der Waals surface area contributed by atoms with Crippen molar-refractivity contribution in [3.8, 4) is 0 Å². The number of ketones is 1. The molecule has 3 aromatic rings. The first-order chi connectivity index (χ1) is 12.1. The zero-order chi connectivity index (χ0) is 17.4. The number of nitrogens with zero attached hydrogens (tertiary/aromatic N) is 2. The Bertz CT molecular complexity index is 950. The van der Waals surface area contributed by atoms with Gasteiger partial charge in [0.1, 0.15) is 15.7 Å². The Labute approximate surface area is 159 Å². The number of aromatic nitrogens is 2. The Kier molecular flexibility index (Phi) is 4.80. The second kappa shape index (κ2) is 7.06. The van der Waals surface area contributed by atoms with E-state index in [2.05, 4.69) is 9.97 Å². The van der Waals surface area contributed by atoms with Crippen LogP contribution in [0.3, 0.4) is 0 Å². The molecule has 0 unspecified atom stereocenters. The summed E-state index contributed by atoms with van der Waals surface area (Å²) >= 11 is 9.21. The van der Waals surface area contributed by atoms with E-state index in [9.17, 15) is 4.79 Å². The highest BCUT2D eigenvalue weighted by Gasteiger charge is 2.21. The van der Waals surface area contributed by atoms with Crippen LogP contribution in [0.2, 0.25) is 5.02 Å². The highest BCUT2D eigenvalue weighted by Crippen LogP contribution is 2.39. The maximum Gasteiger partial charge on any atom is 0.173 e. The van der Waals surface area contributed by atoms with E-state index in [1.807, 2.05) is 6.92 Å². The number of Topliss-reactive ketones (excluding diaryl/α,β-unsaturated/α-hetero) is 1. The van der Waals surface area contributed by atoms with E-state index < -0.39 is 0 Å². The van der Waals surface area contributed by atoms with Gasteiger partial charge in [0.25, 0.3) is 0 Å². The average Bonchev–Trinajstić information content (AvgIpc) is 2.98. The molecule has 1 aromatic carbocycles. The lowest BCUT2D eigenvalue weighted by Crippen LogP contribution is -2.04. The normalized spacial score (nSPS) is 13.8. The predicted molar refractivity (Wildman–Crippen MR) is 105 cm³/mol. The molecule has 2 aromatic heterocycles. The maximum absolute atomic E-state index is 12.5. The number of thiophene rings is 1. The molecule has 2 heterocycles. The molecule has 0 spiro atoms. The second-order valence-electron chi connectivity index (χ2n) is 6.19. The summed E-state index contributed by atoms with van der Waals surface area (Å²) in [5.41, 5.74) is 2.10. The van der Waals surface area contributed by atoms with Crippen molar-refractivity contribution < 1.29 is 4.79 Å². The van der Waals surface area contributed by atoms with Crippen LogP contribution < -0.4 is 0 Å². The van der Waals surface area contributed by atoms with E-state index in [-0.39, 0.29) is 5.78 Å². The number of fused-ring (bicyclic) bond motifs is 3. The fraction of sp³-hybridized carbons (Fsp3) is 0.316. The first-order valence-corrected chi connectivity index (χ1v) is 10.5. The number of hydrogen-bond donors (Lipinski definition) is 0. The van der Waals surface area contributed by atoms with Gasteiger partial charge < -0.3 is 0 Å². The molecule has 0 saturated carbocycles. The molecule has 0 fully saturated rings. The van der Waals surface area contributed by atoms with E-state index in [1.165, 1.54) is 40.4 Å². The van der Waals surface area contributed by atoms with E-state index in [0.29, 0.717) is 16.3 Å². The van der Waals surface area contributed by atoms with Crippen molar-refractivity contribution in [2.75, 3.05) is 5.75 Å². The Morgan fingerprint density at radius 2 is 1.96 bits per heavy atom. The summed E-state index contributed by atoms with van der Waals surface area (Å²) in [7, 11) is 0. The lowest BCUT2D eigenvalue weighted by Gasteiger charge is -2.11. The molecule has 6 heteroatoms. The van der Waals surface area contributed by atoms with Gasteiger partial charge in [0, 0.05) is 20.8 Å². The standard InChI is InChI=1S/C19H17ClN2OS2/c1-11-21-18(24-10-15(23)12-6-8-13(20)9-7-12)17-14-4-2-3-5-16(14)25-19(17)22-11/h6-9H,2-5,10H2,1H3. The molecule has 0 amide bonds. The van der Waals surface area contributed by atoms with E-state index in [1.54, 1.807) is 35.6 Å². The van der Waals surface area contributed by atoms with Gasteiger partial charge in [-0.3, -0.25) is 4.79 Å². The first-order valence-electron chi connectivity index (χ1n) is 8.32. The van der Waals surface area contributed by atoms with Gasteiger partial charge in [0.05, 0.1) is 5.75 Å². The highest BCUT2D eigenvalue weighted by atomic mass is 35.5. The summed E-state index contributed by atoms with van der Waals surface area (Å²) in [5, 5.41) is 2.77. The first kappa shape index (κ1) is 17.0. The van der Waals surface area contributed by atoms with Gasteiger partial charge in [-0.25, -0.2) is 9.97 Å². The van der Waals surface area contributed by atoms with Crippen LogP contribution in [-0.2, 0) is 12.8 Å². The van der Waals surface area contributed by atoms with Crippen molar-refractivity contribution in [2.45, 2.75) is 37.6 Å². The molecule has 0 bridgehead atoms. The van der Waals surface area contributed by atoms with Crippen LogP contribution in [-0.4, -0.2) is 21.5 Å². The molecule has 0 aliphatic heterocycles. The van der Waals surface area contributed by atoms with Crippen molar-refractivity contribution >= 4 is 50.7 Å². The monoisotopic (exact) mass is 388 g/mol. The zero-order valence-corrected chi connectivity index (χ0v) is 16.2. The van der Waals surface area contributed by atoms with Crippen molar-refractivity contribution in [1.82, 2.24) is 9.97 Å². The summed E-state index contributed by atoms with van der Waals surface area (Å²) in [6.07, 6.45) is 4.72. The van der Waals surface area contributed by atoms with Crippen LogP contribution in [0.25, 0.3) is 10.2 Å². The third-order valence-electron chi connectivity index (χ3n) is 4.40. The van der Waals surface area contributed by atoms with Crippen molar-refractivity contribution in [3.05, 3.63) is 51.1 Å². The second-order valence-corrected chi connectivity index (χ2v) is 8.67. The van der Waals surface area contributed by atoms with Gasteiger partial charge in [0.2, 0.25) is 0 Å². The number of aryl methyl sites for hydroxylation is 3. The summed E-state index contributed by atoms with van der Waals surface area (Å²) in [5.74, 6) is 1.24. The largest absolute Gasteiger partial charge is 0.293 e. The van der Waals surface area contributed by atoms with Gasteiger partial charge in [0.15, 0.2) is 5.78 Å². The van der Waals surface area contributed by atoms with Gasteiger partial charge in [-0.2, -0.15) is 0 Å². The quantitative estimate of drug-likeness (QED) is 0.336. The Morgan fingerprint density at radius 1 is 1.20 bits per heavy atom. The number of halogens is 1. The van der Waals surface area contributed by atoms with Crippen molar-refractivity contribution in [2.24, 2.45) is 0 Å². The van der Waals surface area contributed by atoms with E-state index in [4.69, 9.17) is 11.6 Å². The molecule has 1 aliphatic rings. The van der Waals surface area contributed by atoms with E-state index >= 15 is 0 Å². The minimum Gasteiger partial charge on any atom is -0.293 e. The van der Waals surface area contributed by atoms with Crippen LogP contribution in [0.5, 0.6) is 0 Å². The number of thioether (sulfide) groups is 1. The van der Waals surface area contributed by atoms with Crippen LogP contribution in [0.4, 0.5) is 0 Å². The van der Waals surface area contributed by atoms with Crippen LogP contribution in [0, 0.1) is 6.92 Å². The van der Waals surface area contributed by atoms with Gasteiger partial charge in [-0.1, -0.05) is 23.4 Å². The van der Waals surface area contributed by atoms with Gasteiger partial charge in [-0.05, 0) is 62.4 Å². The highest BCUT2D eigenvalue weighted by molar-refractivity contribution is 8.00. The molecule has 0 saturated heterocycles. The average molecular weight is 389 g/mol. The lowest BCUT2D eigenvalue weighted by atomic mass is 9.97. The minimum absolute atomic E-state index is 0.0928. The summed E-state index contributed by atoms with van der Waals surface area (Å²) in [4.78, 5) is 24.3. The predicted octanol–water partition coefficient (Wildman–Crippen LogP) is 5.51. The molecule has 3 nitrogen and oxygen atoms in total. The van der Waals surface area contributed by atoms with Crippen molar-refractivity contribution in [3.63, 3.8) is 0 Å². The Hall–Kier alpha value is -1.43. The third kappa shape index (κ3) is 3.46. The van der Waals surface area contributed by atoms with Crippen molar-refractivity contribution in [1.29, 1.82) is 0 Å². The third-order valence-corrected chi connectivity index (χ3v) is 6.81. The van der Waals surface area contributed by atoms with Gasteiger partial charge >= 0.3 is 0 Å². The smallest absolute Gasteiger partial charge is 0.173 e. The molecule has 0 N–H and O–H groups in total. The lowest BCUT2D eigenvalue weighted by molar-refractivity contribution is 0.102. The van der Waals surface area contributed by atoms with Crippen LogP contribution in [0.1, 0.15) is 39.5 Å². The summed E-state index contributed by atoms with van der Waals surface area (Å²) < 4.78 is 0. The Morgan fingerprint density at radius 3 is 2.76 bits per heavy atom. The summed E-state index contributed by atoms with van der Waals surface area (Å²) in [6, 6.07) is 7.06. The molecular formula is C19H17ClN2OS2. The molecular weight excluding hydrogens is 372 g/mol. The Balaban J connectivity index is 1.63. The minimum atomic E-state index is 0.0928. The zero-order valence-electron chi connectivity index (χ0n) is 13.8. The number of hydrogen-bond acceptors (Lipinski definition) is 5. The maximum atomic E-state index is 12.5. The number of benzene rings is 1.